The normalized spacial score (nSPS) is 14.9. The average molecular weight is 649 g/mol. The molecule has 3 aromatic carbocycles. The lowest BCUT2D eigenvalue weighted by Gasteiger charge is -2.26. The highest BCUT2D eigenvalue weighted by Gasteiger charge is 2.36. The van der Waals surface area contributed by atoms with Gasteiger partial charge in [-0.15, -0.1) is 0 Å². The number of halogens is 3. The number of carbonyl (C=O) groups excluding carboxylic acids is 3. The minimum atomic E-state index is -0.793. The van der Waals surface area contributed by atoms with Crippen LogP contribution in [0.1, 0.15) is 23.6 Å². The number of nitrogens with one attached hydrogen (secondary N) is 1. The van der Waals surface area contributed by atoms with Crippen molar-refractivity contribution in [2.24, 2.45) is 0 Å². The van der Waals surface area contributed by atoms with Crippen molar-refractivity contribution in [3.05, 3.63) is 96.8 Å². The van der Waals surface area contributed by atoms with Crippen molar-refractivity contribution in [3.8, 4) is 5.75 Å². The fourth-order valence-corrected chi connectivity index (χ4v) is 5.29. The molecular formula is C26H19BrFIN2O4. The van der Waals surface area contributed by atoms with E-state index in [1.54, 1.807) is 36.4 Å². The van der Waals surface area contributed by atoms with Crippen LogP contribution in [-0.4, -0.2) is 17.8 Å². The zero-order valence-corrected chi connectivity index (χ0v) is 22.2. The van der Waals surface area contributed by atoms with E-state index in [2.05, 4.69) is 43.8 Å². The fourth-order valence-electron chi connectivity index (χ4n) is 3.52. The van der Waals surface area contributed by atoms with Crippen LogP contribution in [0.25, 0.3) is 6.08 Å². The second-order valence-electron chi connectivity index (χ2n) is 7.71. The van der Waals surface area contributed by atoms with Crippen molar-refractivity contribution in [3.63, 3.8) is 0 Å². The molecule has 0 atom stereocenters. The summed E-state index contributed by atoms with van der Waals surface area (Å²) >= 11 is 5.55. The van der Waals surface area contributed by atoms with E-state index in [4.69, 9.17) is 4.74 Å². The molecule has 0 aliphatic carbocycles. The standard InChI is InChI=1S/C26H19BrFIN2O4/c1-2-15-6-8-19(9-7-15)31-25(33)20(24(32)30-26(31)34)11-17-12-21(27)23(22(29)13-17)35-14-16-4-3-5-18(28)10-16/h3-13H,2,14H2,1H3,(H,30,32,34)/b20-11-. The molecule has 4 amide bonds. The van der Waals surface area contributed by atoms with Gasteiger partial charge < -0.3 is 4.74 Å². The van der Waals surface area contributed by atoms with E-state index in [1.165, 1.54) is 18.2 Å². The van der Waals surface area contributed by atoms with Gasteiger partial charge in [-0.1, -0.05) is 31.2 Å². The summed E-state index contributed by atoms with van der Waals surface area (Å²) in [4.78, 5) is 39.0. The van der Waals surface area contributed by atoms with Crippen molar-refractivity contribution in [1.82, 2.24) is 5.32 Å². The zero-order chi connectivity index (χ0) is 25.1. The molecule has 1 aliphatic heterocycles. The molecule has 0 saturated carbocycles. The molecule has 3 aromatic rings. The van der Waals surface area contributed by atoms with Crippen LogP contribution >= 0.6 is 38.5 Å². The number of hydrogen-bond acceptors (Lipinski definition) is 4. The molecule has 0 aromatic heterocycles. The Morgan fingerprint density at radius 2 is 1.80 bits per heavy atom. The second-order valence-corrected chi connectivity index (χ2v) is 9.73. The Hall–Kier alpha value is -3.05. The Morgan fingerprint density at radius 1 is 1.06 bits per heavy atom. The molecule has 0 radical (unpaired) electrons. The summed E-state index contributed by atoms with van der Waals surface area (Å²) in [7, 11) is 0. The Bertz CT molecular complexity index is 1330. The molecule has 1 heterocycles. The minimum absolute atomic E-state index is 0.166. The number of anilines is 1. The average Bonchev–Trinajstić information content (AvgIpc) is 2.81. The Balaban J connectivity index is 1.60. The molecule has 9 heteroatoms. The molecule has 6 nitrogen and oxygen atoms in total. The molecular weight excluding hydrogens is 630 g/mol. The maximum absolute atomic E-state index is 13.4. The summed E-state index contributed by atoms with van der Waals surface area (Å²) in [5.74, 6) is -1.27. The lowest BCUT2D eigenvalue weighted by molar-refractivity contribution is -0.122. The lowest BCUT2D eigenvalue weighted by atomic mass is 10.1. The summed E-state index contributed by atoms with van der Waals surface area (Å²) < 4.78 is 20.6. The van der Waals surface area contributed by atoms with Gasteiger partial charge in [-0.2, -0.15) is 0 Å². The number of aryl methyl sites for hydroxylation is 1. The predicted octanol–water partition coefficient (Wildman–Crippen LogP) is 6.00. The highest BCUT2D eigenvalue weighted by molar-refractivity contribution is 14.1. The van der Waals surface area contributed by atoms with E-state index in [0.29, 0.717) is 30.6 Å². The topological polar surface area (TPSA) is 75.7 Å². The van der Waals surface area contributed by atoms with Gasteiger partial charge in [-0.3, -0.25) is 14.9 Å². The van der Waals surface area contributed by atoms with Crippen LogP contribution in [0.2, 0.25) is 0 Å². The van der Waals surface area contributed by atoms with Gasteiger partial charge in [-0.05, 0) is 104 Å². The Kier molecular flexibility index (Phi) is 7.66. The van der Waals surface area contributed by atoms with Gasteiger partial charge in [0.25, 0.3) is 11.8 Å². The van der Waals surface area contributed by atoms with Crippen molar-refractivity contribution >= 4 is 68.1 Å². The van der Waals surface area contributed by atoms with Crippen molar-refractivity contribution in [1.29, 1.82) is 0 Å². The van der Waals surface area contributed by atoms with E-state index in [1.807, 2.05) is 19.1 Å². The highest BCUT2D eigenvalue weighted by Crippen LogP contribution is 2.34. The third-order valence-electron chi connectivity index (χ3n) is 5.31. The van der Waals surface area contributed by atoms with E-state index in [-0.39, 0.29) is 18.0 Å². The Labute approximate surface area is 223 Å². The second kappa shape index (κ2) is 10.7. The van der Waals surface area contributed by atoms with Crippen LogP contribution in [-0.2, 0) is 22.6 Å². The zero-order valence-electron chi connectivity index (χ0n) is 18.5. The number of amides is 4. The lowest BCUT2D eigenvalue weighted by Crippen LogP contribution is -2.54. The van der Waals surface area contributed by atoms with Gasteiger partial charge in [0.1, 0.15) is 23.7 Å². The molecule has 4 rings (SSSR count). The van der Waals surface area contributed by atoms with Gasteiger partial charge in [0.2, 0.25) is 0 Å². The SMILES string of the molecule is CCc1ccc(N2C(=O)NC(=O)/C(=C/c3cc(Br)c(OCc4cccc(F)c4)c(I)c3)C2=O)cc1. The predicted molar refractivity (Wildman–Crippen MR) is 142 cm³/mol. The summed E-state index contributed by atoms with van der Waals surface area (Å²) in [6.45, 7) is 2.17. The number of nitrogens with zero attached hydrogens (tertiary/aromatic N) is 1. The van der Waals surface area contributed by atoms with Crippen LogP contribution in [0.3, 0.4) is 0 Å². The maximum Gasteiger partial charge on any atom is 0.335 e. The molecule has 1 fully saturated rings. The number of urea groups is 1. The van der Waals surface area contributed by atoms with E-state index in [9.17, 15) is 18.8 Å². The Morgan fingerprint density at radius 3 is 2.46 bits per heavy atom. The van der Waals surface area contributed by atoms with E-state index in [0.717, 1.165) is 16.9 Å². The molecule has 1 N–H and O–H groups in total. The summed E-state index contributed by atoms with van der Waals surface area (Å²) in [6, 6.07) is 15.8. The van der Waals surface area contributed by atoms with Gasteiger partial charge in [0.05, 0.1) is 13.7 Å². The molecule has 1 saturated heterocycles. The smallest absolute Gasteiger partial charge is 0.335 e. The fraction of sp³-hybridized carbons (Fsp3) is 0.115. The van der Waals surface area contributed by atoms with Crippen LogP contribution in [0.5, 0.6) is 5.75 Å². The number of ether oxygens (including phenoxy) is 1. The van der Waals surface area contributed by atoms with Crippen LogP contribution in [0, 0.1) is 9.39 Å². The van der Waals surface area contributed by atoms with Crippen LogP contribution in [0.4, 0.5) is 14.9 Å². The largest absolute Gasteiger partial charge is 0.487 e. The number of hydrogen-bond donors (Lipinski definition) is 1. The van der Waals surface area contributed by atoms with Crippen molar-refractivity contribution in [2.75, 3.05) is 4.90 Å². The summed E-state index contributed by atoms with van der Waals surface area (Å²) in [6.07, 6.45) is 2.25. The minimum Gasteiger partial charge on any atom is -0.487 e. The first-order chi connectivity index (χ1) is 16.8. The third kappa shape index (κ3) is 5.62. The molecule has 1 aliphatic rings. The summed E-state index contributed by atoms with van der Waals surface area (Å²) in [5, 5.41) is 2.23. The highest BCUT2D eigenvalue weighted by atomic mass is 127. The van der Waals surface area contributed by atoms with E-state index >= 15 is 0 Å². The number of carbonyl (C=O) groups is 3. The number of imide groups is 2. The van der Waals surface area contributed by atoms with Crippen LogP contribution < -0.4 is 15.0 Å². The van der Waals surface area contributed by atoms with Gasteiger partial charge >= 0.3 is 6.03 Å². The number of rotatable bonds is 6. The first-order valence-corrected chi connectivity index (χ1v) is 12.5. The summed E-state index contributed by atoms with van der Waals surface area (Å²) in [5.41, 5.74) is 2.51. The van der Waals surface area contributed by atoms with Crippen molar-refractivity contribution in [2.45, 2.75) is 20.0 Å². The first kappa shape index (κ1) is 25.1. The maximum atomic E-state index is 13.4. The molecule has 35 heavy (non-hydrogen) atoms. The van der Waals surface area contributed by atoms with Gasteiger partial charge in [0, 0.05) is 0 Å². The molecule has 178 valence electrons. The molecule has 0 bridgehead atoms. The quantitative estimate of drug-likeness (QED) is 0.202. The molecule has 0 unspecified atom stereocenters. The number of benzene rings is 3. The van der Waals surface area contributed by atoms with E-state index < -0.39 is 17.8 Å². The van der Waals surface area contributed by atoms with Crippen molar-refractivity contribution < 1.29 is 23.5 Å². The first-order valence-electron chi connectivity index (χ1n) is 10.6. The monoisotopic (exact) mass is 648 g/mol. The van der Waals surface area contributed by atoms with Gasteiger partial charge in [0.15, 0.2) is 0 Å². The number of barbiturate groups is 1. The third-order valence-corrected chi connectivity index (χ3v) is 6.70. The van der Waals surface area contributed by atoms with Crippen LogP contribution in [0.15, 0.2) is 70.7 Å². The molecule has 0 spiro atoms. The van der Waals surface area contributed by atoms with Gasteiger partial charge in [-0.25, -0.2) is 14.1 Å².